The first-order chi connectivity index (χ1) is 10.2. The van der Waals surface area contributed by atoms with E-state index in [9.17, 15) is 4.79 Å². The Labute approximate surface area is 126 Å². The first kappa shape index (κ1) is 13.3. The fourth-order valence-corrected chi connectivity index (χ4v) is 2.08. The maximum absolute atomic E-state index is 12.1. The topological polar surface area (TPSA) is 59.8 Å². The molecule has 1 aromatic carbocycles. The molecule has 0 unspecified atom stereocenters. The molecule has 0 radical (unpaired) electrons. The van der Waals surface area contributed by atoms with Crippen molar-refractivity contribution in [1.82, 2.24) is 14.8 Å². The van der Waals surface area contributed by atoms with Crippen molar-refractivity contribution in [3.63, 3.8) is 0 Å². The minimum atomic E-state index is -0.244. The fourth-order valence-electron chi connectivity index (χ4n) is 1.90. The molecule has 5 nitrogen and oxygen atoms in total. The van der Waals surface area contributed by atoms with Crippen molar-refractivity contribution in [2.24, 2.45) is 0 Å². The van der Waals surface area contributed by atoms with Crippen molar-refractivity contribution in [2.45, 2.75) is 0 Å². The Morgan fingerprint density at radius 2 is 2.05 bits per heavy atom. The molecule has 1 amide bonds. The molecule has 104 valence electrons. The zero-order chi connectivity index (χ0) is 14.7. The number of hydrogen-bond acceptors (Lipinski definition) is 3. The van der Waals surface area contributed by atoms with E-state index in [2.05, 4.69) is 15.4 Å². The van der Waals surface area contributed by atoms with Gasteiger partial charge in [-0.25, -0.2) is 4.68 Å². The standard InChI is InChI=1S/C15H11ClN4O/c16-12-4-1-5-13(9-12)20-14(6-8-18-20)19-15(21)11-3-2-7-17-10-11/h1-10H,(H,19,21). The summed E-state index contributed by atoms with van der Waals surface area (Å²) in [6.45, 7) is 0. The first-order valence-corrected chi connectivity index (χ1v) is 6.63. The summed E-state index contributed by atoms with van der Waals surface area (Å²) >= 11 is 5.98. The molecule has 0 aliphatic rings. The summed E-state index contributed by atoms with van der Waals surface area (Å²) in [6.07, 6.45) is 4.74. The number of halogens is 1. The van der Waals surface area contributed by atoms with Crippen LogP contribution >= 0.6 is 11.6 Å². The average molecular weight is 299 g/mol. The van der Waals surface area contributed by atoms with Crippen molar-refractivity contribution < 1.29 is 4.79 Å². The van der Waals surface area contributed by atoms with Crippen molar-refractivity contribution in [1.29, 1.82) is 0 Å². The predicted molar refractivity (Wildman–Crippen MR) is 80.8 cm³/mol. The van der Waals surface area contributed by atoms with Gasteiger partial charge in [0.05, 0.1) is 17.4 Å². The number of pyridine rings is 1. The molecule has 0 aliphatic heterocycles. The van der Waals surface area contributed by atoms with Crippen molar-refractivity contribution in [3.8, 4) is 5.69 Å². The highest BCUT2D eigenvalue weighted by Gasteiger charge is 2.10. The second kappa shape index (κ2) is 5.76. The van der Waals surface area contributed by atoms with Crippen LogP contribution in [0.2, 0.25) is 5.02 Å². The summed E-state index contributed by atoms with van der Waals surface area (Å²) in [6, 6.07) is 12.4. The quantitative estimate of drug-likeness (QED) is 0.808. The summed E-state index contributed by atoms with van der Waals surface area (Å²) in [4.78, 5) is 16.1. The molecule has 0 saturated carbocycles. The number of nitrogens with zero attached hydrogens (tertiary/aromatic N) is 3. The molecule has 0 atom stereocenters. The van der Waals surface area contributed by atoms with E-state index in [4.69, 9.17) is 11.6 Å². The number of hydrogen-bond donors (Lipinski definition) is 1. The highest BCUT2D eigenvalue weighted by atomic mass is 35.5. The van der Waals surface area contributed by atoms with Crippen molar-refractivity contribution in [3.05, 3.63) is 71.6 Å². The summed E-state index contributed by atoms with van der Waals surface area (Å²) in [5, 5.41) is 7.61. The summed E-state index contributed by atoms with van der Waals surface area (Å²) < 4.78 is 1.61. The molecule has 0 fully saturated rings. The summed E-state index contributed by atoms with van der Waals surface area (Å²) in [7, 11) is 0. The Balaban J connectivity index is 1.88. The van der Waals surface area contributed by atoms with Gasteiger partial charge in [0.15, 0.2) is 0 Å². The molecule has 0 saturated heterocycles. The lowest BCUT2D eigenvalue weighted by Gasteiger charge is -2.09. The maximum Gasteiger partial charge on any atom is 0.258 e. The van der Waals surface area contributed by atoms with E-state index in [0.717, 1.165) is 5.69 Å². The average Bonchev–Trinajstić information content (AvgIpc) is 2.96. The molecule has 21 heavy (non-hydrogen) atoms. The van der Waals surface area contributed by atoms with Gasteiger partial charge < -0.3 is 5.32 Å². The molecular formula is C15H11ClN4O. The van der Waals surface area contributed by atoms with Crippen molar-refractivity contribution >= 4 is 23.3 Å². The second-order valence-electron chi connectivity index (χ2n) is 4.30. The Morgan fingerprint density at radius 3 is 2.81 bits per heavy atom. The summed E-state index contributed by atoms with van der Waals surface area (Å²) in [5.74, 6) is 0.318. The van der Waals surface area contributed by atoms with Gasteiger partial charge in [0.2, 0.25) is 0 Å². The third kappa shape index (κ3) is 2.93. The van der Waals surface area contributed by atoms with Gasteiger partial charge in [-0.2, -0.15) is 5.10 Å². The van der Waals surface area contributed by atoms with Crippen LogP contribution < -0.4 is 5.32 Å². The third-order valence-electron chi connectivity index (χ3n) is 2.86. The predicted octanol–water partition coefficient (Wildman–Crippen LogP) is 3.17. The van der Waals surface area contributed by atoms with Gasteiger partial charge in [0.1, 0.15) is 5.82 Å². The number of nitrogens with one attached hydrogen (secondary N) is 1. The number of amides is 1. The molecule has 3 aromatic rings. The maximum atomic E-state index is 12.1. The fraction of sp³-hybridized carbons (Fsp3) is 0. The van der Waals surface area contributed by atoms with Gasteiger partial charge in [-0.1, -0.05) is 17.7 Å². The number of aromatic nitrogens is 3. The van der Waals surface area contributed by atoms with Crippen LogP contribution in [0.4, 0.5) is 5.82 Å². The van der Waals surface area contributed by atoms with Crippen LogP contribution in [0.15, 0.2) is 61.1 Å². The molecule has 0 bridgehead atoms. The summed E-state index contributed by atoms with van der Waals surface area (Å²) in [5.41, 5.74) is 1.25. The van der Waals surface area contributed by atoms with Gasteiger partial charge in [-0.3, -0.25) is 9.78 Å². The van der Waals surface area contributed by atoms with Crippen LogP contribution in [-0.4, -0.2) is 20.7 Å². The lowest BCUT2D eigenvalue weighted by atomic mass is 10.2. The van der Waals surface area contributed by atoms with E-state index in [1.54, 1.807) is 47.4 Å². The smallest absolute Gasteiger partial charge is 0.258 e. The lowest BCUT2D eigenvalue weighted by molar-refractivity contribution is 0.102. The highest BCUT2D eigenvalue weighted by Crippen LogP contribution is 2.19. The minimum absolute atomic E-state index is 0.244. The van der Waals surface area contributed by atoms with Crippen LogP contribution in [0.5, 0.6) is 0 Å². The van der Waals surface area contributed by atoms with Crippen LogP contribution in [0.25, 0.3) is 5.69 Å². The van der Waals surface area contributed by atoms with Gasteiger partial charge in [0.25, 0.3) is 5.91 Å². The molecule has 0 spiro atoms. The van der Waals surface area contributed by atoms with Gasteiger partial charge in [0, 0.05) is 23.5 Å². The van der Waals surface area contributed by atoms with Crippen LogP contribution in [-0.2, 0) is 0 Å². The van der Waals surface area contributed by atoms with E-state index >= 15 is 0 Å². The highest BCUT2D eigenvalue weighted by molar-refractivity contribution is 6.30. The second-order valence-corrected chi connectivity index (χ2v) is 4.74. The van der Waals surface area contributed by atoms with Crippen LogP contribution in [0.1, 0.15) is 10.4 Å². The lowest BCUT2D eigenvalue weighted by Crippen LogP contribution is -2.15. The Morgan fingerprint density at radius 1 is 1.14 bits per heavy atom. The molecule has 6 heteroatoms. The van der Waals surface area contributed by atoms with E-state index in [-0.39, 0.29) is 5.91 Å². The zero-order valence-electron chi connectivity index (χ0n) is 10.9. The van der Waals surface area contributed by atoms with Crippen LogP contribution in [0, 0.1) is 0 Å². The SMILES string of the molecule is O=C(Nc1ccnn1-c1cccc(Cl)c1)c1cccnc1. The first-order valence-electron chi connectivity index (χ1n) is 6.25. The minimum Gasteiger partial charge on any atom is -0.306 e. The number of carbonyl (C=O) groups excluding carboxylic acids is 1. The third-order valence-corrected chi connectivity index (χ3v) is 3.10. The largest absolute Gasteiger partial charge is 0.306 e. The number of rotatable bonds is 3. The van der Waals surface area contributed by atoms with E-state index < -0.39 is 0 Å². The molecule has 2 heterocycles. The van der Waals surface area contributed by atoms with E-state index in [0.29, 0.717) is 16.4 Å². The number of anilines is 1. The molecule has 0 aliphatic carbocycles. The van der Waals surface area contributed by atoms with E-state index in [1.807, 2.05) is 12.1 Å². The van der Waals surface area contributed by atoms with Crippen molar-refractivity contribution in [2.75, 3.05) is 5.32 Å². The van der Waals surface area contributed by atoms with Gasteiger partial charge in [-0.05, 0) is 30.3 Å². The number of carbonyl (C=O) groups is 1. The normalized spacial score (nSPS) is 10.3. The molecule has 2 aromatic heterocycles. The zero-order valence-corrected chi connectivity index (χ0v) is 11.7. The van der Waals surface area contributed by atoms with Gasteiger partial charge >= 0.3 is 0 Å². The van der Waals surface area contributed by atoms with Crippen LogP contribution in [0.3, 0.4) is 0 Å². The molecule has 1 N–H and O–H groups in total. The Hall–Kier alpha value is -2.66. The number of benzene rings is 1. The molecular weight excluding hydrogens is 288 g/mol. The van der Waals surface area contributed by atoms with E-state index in [1.165, 1.54) is 6.20 Å². The van der Waals surface area contributed by atoms with Gasteiger partial charge in [-0.15, -0.1) is 0 Å². The molecule has 3 rings (SSSR count). The Kier molecular flexibility index (Phi) is 3.66. The monoisotopic (exact) mass is 298 g/mol. The Bertz CT molecular complexity index is 770.